The molecule has 0 fully saturated rings. The molecule has 0 unspecified atom stereocenters. The van der Waals surface area contributed by atoms with Crippen LogP contribution in [0.2, 0.25) is 0 Å². The molecular formula is C30H14F6O. The number of fused-ring (bicyclic) bond motifs is 3. The summed E-state index contributed by atoms with van der Waals surface area (Å²) in [7, 11) is 0. The van der Waals surface area contributed by atoms with Crippen LogP contribution in [-0.4, -0.2) is 0 Å². The smallest absolute Gasteiger partial charge is 0.416 e. The van der Waals surface area contributed by atoms with Gasteiger partial charge in [0, 0.05) is 33.0 Å². The van der Waals surface area contributed by atoms with Crippen LogP contribution >= 0.6 is 0 Å². The Morgan fingerprint density at radius 1 is 0.432 bits per heavy atom. The van der Waals surface area contributed by atoms with Crippen LogP contribution in [0.3, 0.4) is 0 Å². The molecule has 0 saturated carbocycles. The molecule has 5 aromatic rings. The minimum absolute atomic E-state index is 0.453. The molecule has 0 bridgehead atoms. The molecule has 37 heavy (non-hydrogen) atoms. The number of benzene rings is 4. The number of hydrogen-bond acceptors (Lipinski definition) is 1. The molecule has 0 spiro atoms. The van der Waals surface area contributed by atoms with E-state index in [9.17, 15) is 26.3 Å². The van der Waals surface area contributed by atoms with Crippen LogP contribution in [0.5, 0.6) is 0 Å². The third kappa shape index (κ3) is 5.32. The lowest BCUT2D eigenvalue weighted by molar-refractivity contribution is -0.138. The van der Waals surface area contributed by atoms with Crippen molar-refractivity contribution in [3.63, 3.8) is 0 Å². The maximum atomic E-state index is 12.7. The van der Waals surface area contributed by atoms with Gasteiger partial charge in [-0.3, -0.25) is 0 Å². The van der Waals surface area contributed by atoms with Crippen LogP contribution in [0.1, 0.15) is 33.4 Å². The molecule has 0 saturated heterocycles. The molecule has 4 aromatic carbocycles. The van der Waals surface area contributed by atoms with E-state index in [1.54, 1.807) is 24.3 Å². The van der Waals surface area contributed by atoms with E-state index in [1.807, 2.05) is 12.1 Å². The van der Waals surface area contributed by atoms with Crippen LogP contribution in [-0.2, 0) is 12.4 Å². The topological polar surface area (TPSA) is 13.1 Å². The second-order valence-corrected chi connectivity index (χ2v) is 8.17. The number of rotatable bonds is 0. The van der Waals surface area contributed by atoms with Crippen LogP contribution in [0, 0.1) is 23.7 Å². The number of furan rings is 1. The van der Waals surface area contributed by atoms with Crippen molar-refractivity contribution in [2.24, 2.45) is 0 Å². The maximum absolute atomic E-state index is 12.7. The Kier molecular flexibility index (Phi) is 5.93. The van der Waals surface area contributed by atoms with Gasteiger partial charge in [0.2, 0.25) is 0 Å². The van der Waals surface area contributed by atoms with Crippen LogP contribution in [0.4, 0.5) is 26.3 Å². The number of alkyl halides is 6. The normalized spacial score (nSPS) is 11.6. The highest BCUT2D eigenvalue weighted by atomic mass is 19.4. The zero-order valence-corrected chi connectivity index (χ0v) is 18.8. The van der Waals surface area contributed by atoms with Gasteiger partial charge in [0.15, 0.2) is 0 Å². The third-order valence-electron chi connectivity index (χ3n) is 5.60. The van der Waals surface area contributed by atoms with E-state index in [1.165, 1.54) is 24.3 Å². The fourth-order valence-corrected chi connectivity index (χ4v) is 3.71. The standard InChI is InChI=1S/C30H14F6O/c31-29(32,33)23-11-5-19(6-12-23)1-3-21-9-15-25-26-16-10-22(18-28(26)37-27(25)17-21)4-2-20-7-13-24(14-8-20)30(34,35)36/h5-18H. The van der Waals surface area contributed by atoms with Gasteiger partial charge in [-0.25, -0.2) is 0 Å². The van der Waals surface area contributed by atoms with Gasteiger partial charge in [0.25, 0.3) is 0 Å². The minimum Gasteiger partial charge on any atom is -0.456 e. The van der Waals surface area contributed by atoms with Gasteiger partial charge >= 0.3 is 12.4 Å². The Bertz CT molecular complexity index is 1600. The van der Waals surface area contributed by atoms with Crippen molar-refractivity contribution < 1.29 is 30.8 Å². The van der Waals surface area contributed by atoms with Crippen molar-refractivity contribution >= 4 is 21.9 Å². The van der Waals surface area contributed by atoms with Crippen molar-refractivity contribution in [3.05, 3.63) is 118 Å². The minimum atomic E-state index is -4.40. The highest BCUT2D eigenvalue weighted by Gasteiger charge is 2.30. The second kappa shape index (κ2) is 9.11. The molecule has 0 aliphatic carbocycles. The predicted molar refractivity (Wildman–Crippen MR) is 129 cm³/mol. The first-order valence-electron chi connectivity index (χ1n) is 10.9. The fraction of sp³-hybridized carbons (Fsp3) is 0.0667. The number of halogens is 6. The summed E-state index contributed by atoms with van der Waals surface area (Å²) < 4.78 is 82.2. The van der Waals surface area contributed by atoms with Crippen LogP contribution in [0.25, 0.3) is 21.9 Å². The Hall–Kier alpha value is -4.62. The molecule has 0 aliphatic heterocycles. The average Bonchev–Trinajstić information content (AvgIpc) is 3.22. The van der Waals surface area contributed by atoms with Crippen molar-refractivity contribution in [3.8, 4) is 23.7 Å². The summed E-state index contributed by atoms with van der Waals surface area (Å²) in [5.74, 6) is 11.6. The lowest BCUT2D eigenvalue weighted by Gasteiger charge is -2.05. The third-order valence-corrected chi connectivity index (χ3v) is 5.60. The highest BCUT2D eigenvalue weighted by Crippen LogP contribution is 2.31. The van der Waals surface area contributed by atoms with Gasteiger partial charge in [0.05, 0.1) is 11.1 Å². The molecule has 5 rings (SSSR count). The summed E-state index contributed by atoms with van der Waals surface area (Å²) in [5, 5.41) is 1.72. The zero-order chi connectivity index (χ0) is 26.2. The van der Waals surface area contributed by atoms with Crippen molar-refractivity contribution in [2.45, 2.75) is 12.4 Å². The first-order chi connectivity index (χ1) is 17.6. The summed E-state index contributed by atoms with van der Waals surface area (Å²) in [4.78, 5) is 0. The lowest BCUT2D eigenvalue weighted by Crippen LogP contribution is -2.04. The molecule has 182 valence electrons. The Morgan fingerprint density at radius 2 is 0.757 bits per heavy atom. The highest BCUT2D eigenvalue weighted by molar-refractivity contribution is 6.05. The van der Waals surface area contributed by atoms with Gasteiger partial charge < -0.3 is 4.42 Å². The maximum Gasteiger partial charge on any atom is 0.416 e. The quantitative estimate of drug-likeness (QED) is 0.152. The van der Waals surface area contributed by atoms with Crippen molar-refractivity contribution in [1.29, 1.82) is 0 Å². The Morgan fingerprint density at radius 3 is 1.11 bits per heavy atom. The largest absolute Gasteiger partial charge is 0.456 e. The van der Waals surface area contributed by atoms with E-state index in [0.29, 0.717) is 33.4 Å². The van der Waals surface area contributed by atoms with E-state index >= 15 is 0 Å². The van der Waals surface area contributed by atoms with Gasteiger partial charge in [-0.15, -0.1) is 0 Å². The van der Waals surface area contributed by atoms with Crippen molar-refractivity contribution in [2.75, 3.05) is 0 Å². The molecular weight excluding hydrogens is 490 g/mol. The monoisotopic (exact) mass is 504 g/mol. The molecule has 1 nitrogen and oxygen atoms in total. The molecule has 0 radical (unpaired) electrons. The summed E-state index contributed by atoms with van der Waals surface area (Å²) in [6.07, 6.45) is -8.79. The fourth-order valence-electron chi connectivity index (χ4n) is 3.71. The van der Waals surface area contributed by atoms with E-state index in [4.69, 9.17) is 4.42 Å². The summed E-state index contributed by atoms with van der Waals surface area (Å²) in [5.41, 5.74) is 1.88. The first kappa shape index (κ1) is 24.1. The SMILES string of the molecule is FC(F)(F)c1ccc(C#Cc2ccc3c(c2)oc2cc(C#Cc4ccc(C(F)(F)F)cc4)ccc23)cc1. The van der Waals surface area contributed by atoms with Gasteiger partial charge in [-0.05, 0) is 84.9 Å². The second-order valence-electron chi connectivity index (χ2n) is 8.17. The van der Waals surface area contributed by atoms with Crippen LogP contribution < -0.4 is 0 Å². The van der Waals surface area contributed by atoms with Gasteiger partial charge in [0.1, 0.15) is 11.2 Å². The zero-order valence-electron chi connectivity index (χ0n) is 18.8. The predicted octanol–water partition coefficient (Wildman–Crippen LogP) is 8.42. The molecule has 7 heteroatoms. The van der Waals surface area contributed by atoms with E-state index in [2.05, 4.69) is 23.7 Å². The lowest BCUT2D eigenvalue weighted by atomic mass is 10.1. The molecule has 1 heterocycles. The summed E-state index contributed by atoms with van der Waals surface area (Å²) in [6.45, 7) is 0. The first-order valence-corrected chi connectivity index (χ1v) is 10.9. The molecule has 0 amide bonds. The molecule has 0 N–H and O–H groups in total. The molecule has 0 aliphatic rings. The Labute approximate surface area is 207 Å². The van der Waals surface area contributed by atoms with Gasteiger partial charge in [-0.2, -0.15) is 26.3 Å². The van der Waals surface area contributed by atoms with Gasteiger partial charge in [-0.1, -0.05) is 23.7 Å². The Balaban J connectivity index is 1.39. The van der Waals surface area contributed by atoms with E-state index in [0.717, 1.165) is 35.0 Å². The molecule has 1 aromatic heterocycles. The average molecular weight is 504 g/mol. The number of hydrogen-bond donors (Lipinski definition) is 0. The summed E-state index contributed by atoms with van der Waals surface area (Å²) >= 11 is 0. The van der Waals surface area contributed by atoms with E-state index in [-0.39, 0.29) is 0 Å². The molecule has 0 atom stereocenters. The van der Waals surface area contributed by atoms with Crippen LogP contribution in [0.15, 0.2) is 89.3 Å². The summed E-state index contributed by atoms with van der Waals surface area (Å²) in [6, 6.07) is 20.1. The van der Waals surface area contributed by atoms with Crippen molar-refractivity contribution in [1.82, 2.24) is 0 Å². The van der Waals surface area contributed by atoms with E-state index < -0.39 is 23.5 Å².